The zero-order valence-corrected chi connectivity index (χ0v) is 8.92. The van der Waals surface area contributed by atoms with Crippen LogP contribution in [-0.4, -0.2) is 25.7 Å². The minimum absolute atomic E-state index is 0.00468. The molecular formula is C12H14F2N2. The first-order chi connectivity index (χ1) is 7.74. The summed E-state index contributed by atoms with van der Waals surface area (Å²) in [6.07, 6.45) is 1.75. The lowest BCUT2D eigenvalue weighted by molar-refractivity contribution is 0.485. The van der Waals surface area contributed by atoms with Crippen molar-refractivity contribution in [1.29, 1.82) is 0 Å². The van der Waals surface area contributed by atoms with Gasteiger partial charge < -0.3 is 10.2 Å². The van der Waals surface area contributed by atoms with Crippen LogP contribution in [0.25, 0.3) is 0 Å². The molecule has 0 aromatic heterocycles. The van der Waals surface area contributed by atoms with Crippen molar-refractivity contribution in [2.45, 2.75) is 6.04 Å². The molecule has 2 nitrogen and oxygen atoms in total. The van der Waals surface area contributed by atoms with Crippen LogP contribution < -0.4 is 10.2 Å². The lowest BCUT2D eigenvalue weighted by Gasteiger charge is -2.36. The van der Waals surface area contributed by atoms with E-state index in [9.17, 15) is 8.78 Å². The summed E-state index contributed by atoms with van der Waals surface area (Å²) in [7, 11) is 0. The Kier molecular flexibility index (Phi) is 3.19. The molecule has 1 unspecified atom stereocenters. The molecule has 1 aromatic rings. The SMILES string of the molecule is C=CC1CNCCN1c1cccc(F)c1F. The highest BCUT2D eigenvalue weighted by Crippen LogP contribution is 2.24. The molecule has 0 aliphatic carbocycles. The summed E-state index contributed by atoms with van der Waals surface area (Å²) >= 11 is 0. The van der Waals surface area contributed by atoms with E-state index in [2.05, 4.69) is 11.9 Å². The minimum Gasteiger partial charge on any atom is -0.360 e. The van der Waals surface area contributed by atoms with E-state index in [-0.39, 0.29) is 6.04 Å². The van der Waals surface area contributed by atoms with Crippen LogP contribution in [0.4, 0.5) is 14.5 Å². The number of hydrogen-bond donors (Lipinski definition) is 1. The number of piperazine rings is 1. The van der Waals surface area contributed by atoms with Crippen LogP contribution in [0.3, 0.4) is 0 Å². The van der Waals surface area contributed by atoms with Crippen molar-refractivity contribution in [3.8, 4) is 0 Å². The average Bonchev–Trinajstić information content (AvgIpc) is 2.33. The van der Waals surface area contributed by atoms with Crippen molar-refractivity contribution in [2.75, 3.05) is 24.5 Å². The van der Waals surface area contributed by atoms with Crippen molar-refractivity contribution in [3.63, 3.8) is 0 Å². The van der Waals surface area contributed by atoms with Crippen LogP contribution in [0.5, 0.6) is 0 Å². The van der Waals surface area contributed by atoms with Crippen LogP contribution >= 0.6 is 0 Å². The summed E-state index contributed by atoms with van der Waals surface area (Å²) in [6.45, 7) is 5.84. The van der Waals surface area contributed by atoms with Crippen LogP contribution in [0.15, 0.2) is 30.9 Å². The maximum atomic E-state index is 13.6. The maximum absolute atomic E-state index is 13.6. The number of halogens is 2. The highest BCUT2D eigenvalue weighted by Gasteiger charge is 2.23. The van der Waals surface area contributed by atoms with E-state index in [4.69, 9.17) is 0 Å². The third-order valence-corrected chi connectivity index (χ3v) is 2.80. The summed E-state index contributed by atoms with van der Waals surface area (Å²) in [6, 6.07) is 4.25. The Bertz CT molecular complexity index is 393. The Morgan fingerprint density at radius 1 is 1.44 bits per heavy atom. The van der Waals surface area contributed by atoms with Gasteiger partial charge in [-0.1, -0.05) is 12.1 Å². The van der Waals surface area contributed by atoms with E-state index in [0.29, 0.717) is 18.8 Å². The first-order valence-electron chi connectivity index (χ1n) is 5.28. The van der Waals surface area contributed by atoms with Crippen LogP contribution in [-0.2, 0) is 0 Å². The van der Waals surface area contributed by atoms with Crippen molar-refractivity contribution < 1.29 is 8.78 Å². The Balaban J connectivity index is 2.34. The largest absolute Gasteiger partial charge is 0.360 e. The molecule has 2 rings (SSSR count). The maximum Gasteiger partial charge on any atom is 0.182 e. The van der Waals surface area contributed by atoms with Crippen molar-refractivity contribution in [2.24, 2.45) is 0 Å². The summed E-state index contributed by atoms with van der Waals surface area (Å²) in [4.78, 5) is 1.84. The second-order valence-corrected chi connectivity index (χ2v) is 3.77. The second kappa shape index (κ2) is 4.61. The number of nitrogens with one attached hydrogen (secondary N) is 1. The Labute approximate surface area is 93.6 Å². The standard InChI is InChI=1S/C12H14F2N2/c1-2-9-8-15-6-7-16(9)11-5-3-4-10(13)12(11)14/h2-5,9,15H,1,6-8H2. The van der Waals surface area contributed by atoms with Gasteiger partial charge in [-0.15, -0.1) is 6.58 Å². The zero-order valence-electron chi connectivity index (χ0n) is 8.92. The molecule has 86 valence electrons. The highest BCUT2D eigenvalue weighted by atomic mass is 19.2. The van der Waals surface area contributed by atoms with Crippen LogP contribution in [0.1, 0.15) is 0 Å². The molecule has 16 heavy (non-hydrogen) atoms. The third-order valence-electron chi connectivity index (χ3n) is 2.80. The van der Waals surface area contributed by atoms with E-state index in [1.807, 2.05) is 4.90 Å². The van der Waals surface area contributed by atoms with Gasteiger partial charge in [0.2, 0.25) is 0 Å². The van der Waals surface area contributed by atoms with Gasteiger partial charge in [-0.05, 0) is 12.1 Å². The minimum atomic E-state index is -0.807. The summed E-state index contributed by atoms with van der Waals surface area (Å²) in [5, 5.41) is 3.19. The van der Waals surface area contributed by atoms with Gasteiger partial charge in [0.05, 0.1) is 11.7 Å². The molecule has 1 aromatic carbocycles. The fourth-order valence-electron chi connectivity index (χ4n) is 1.95. The summed E-state index contributed by atoms with van der Waals surface area (Å²) in [5.41, 5.74) is 0.311. The molecule has 1 atom stereocenters. The average molecular weight is 224 g/mol. The number of rotatable bonds is 2. The normalized spacial score (nSPS) is 20.9. The predicted octanol–water partition coefficient (Wildman–Crippen LogP) is 1.93. The van der Waals surface area contributed by atoms with E-state index in [0.717, 1.165) is 12.6 Å². The number of nitrogens with zero attached hydrogens (tertiary/aromatic N) is 1. The lowest BCUT2D eigenvalue weighted by Crippen LogP contribution is -2.50. The number of anilines is 1. The van der Waals surface area contributed by atoms with E-state index in [1.165, 1.54) is 6.07 Å². The molecule has 0 spiro atoms. The van der Waals surface area contributed by atoms with Gasteiger partial charge in [0.1, 0.15) is 0 Å². The van der Waals surface area contributed by atoms with Crippen molar-refractivity contribution >= 4 is 5.69 Å². The van der Waals surface area contributed by atoms with Crippen molar-refractivity contribution in [1.82, 2.24) is 5.32 Å². The first-order valence-corrected chi connectivity index (χ1v) is 5.28. The Hall–Kier alpha value is -1.42. The first kappa shape index (κ1) is 11.1. The quantitative estimate of drug-likeness (QED) is 0.772. The van der Waals surface area contributed by atoms with Gasteiger partial charge in [-0.2, -0.15) is 0 Å². The molecule has 1 aliphatic heterocycles. The molecule has 1 aliphatic rings. The van der Waals surface area contributed by atoms with Gasteiger partial charge in [-0.25, -0.2) is 8.78 Å². The van der Waals surface area contributed by atoms with Gasteiger partial charge >= 0.3 is 0 Å². The molecule has 0 amide bonds. The Morgan fingerprint density at radius 3 is 3.00 bits per heavy atom. The molecule has 1 heterocycles. The molecule has 0 saturated carbocycles. The van der Waals surface area contributed by atoms with E-state index in [1.54, 1.807) is 12.1 Å². The van der Waals surface area contributed by atoms with Gasteiger partial charge in [-0.3, -0.25) is 0 Å². The third kappa shape index (κ3) is 1.93. The molecule has 0 radical (unpaired) electrons. The van der Waals surface area contributed by atoms with Crippen LogP contribution in [0, 0.1) is 11.6 Å². The fourth-order valence-corrected chi connectivity index (χ4v) is 1.95. The fraction of sp³-hybridized carbons (Fsp3) is 0.333. The zero-order chi connectivity index (χ0) is 11.5. The monoisotopic (exact) mass is 224 g/mol. The lowest BCUT2D eigenvalue weighted by atomic mass is 10.1. The predicted molar refractivity (Wildman–Crippen MR) is 60.6 cm³/mol. The topological polar surface area (TPSA) is 15.3 Å². The van der Waals surface area contributed by atoms with E-state index < -0.39 is 11.6 Å². The van der Waals surface area contributed by atoms with E-state index >= 15 is 0 Å². The number of benzene rings is 1. The van der Waals surface area contributed by atoms with Gasteiger partial charge in [0, 0.05) is 19.6 Å². The highest BCUT2D eigenvalue weighted by molar-refractivity contribution is 5.50. The Morgan fingerprint density at radius 2 is 2.25 bits per heavy atom. The van der Waals surface area contributed by atoms with Gasteiger partial charge in [0.25, 0.3) is 0 Å². The molecule has 4 heteroatoms. The summed E-state index contributed by atoms with van der Waals surface area (Å²) in [5.74, 6) is -1.59. The molecule has 0 bridgehead atoms. The summed E-state index contributed by atoms with van der Waals surface area (Å²) < 4.78 is 26.7. The molecule has 1 saturated heterocycles. The van der Waals surface area contributed by atoms with Crippen LogP contribution in [0.2, 0.25) is 0 Å². The number of hydrogen-bond acceptors (Lipinski definition) is 2. The molecular weight excluding hydrogens is 210 g/mol. The van der Waals surface area contributed by atoms with Crippen molar-refractivity contribution in [3.05, 3.63) is 42.5 Å². The second-order valence-electron chi connectivity index (χ2n) is 3.77. The van der Waals surface area contributed by atoms with Gasteiger partial charge in [0.15, 0.2) is 11.6 Å². The molecule has 1 fully saturated rings. The molecule has 1 N–H and O–H groups in total. The smallest absolute Gasteiger partial charge is 0.182 e.